The second-order valence-electron chi connectivity index (χ2n) is 4.16. The maximum absolute atomic E-state index is 11.7. The number of nitro benzene ring substituents is 1. The van der Waals surface area contributed by atoms with Crippen LogP contribution in [0.4, 0.5) is 5.69 Å². The molecular weight excluding hydrogens is 294 g/mol. The molecule has 0 amide bonds. The first-order valence-electron chi connectivity index (χ1n) is 6.04. The fourth-order valence-electron chi connectivity index (χ4n) is 1.66. The predicted octanol–water partition coefficient (Wildman–Crippen LogP) is 2.98. The van der Waals surface area contributed by atoms with Crippen LogP contribution in [0.3, 0.4) is 0 Å². The molecule has 0 bridgehead atoms. The van der Waals surface area contributed by atoms with E-state index >= 15 is 0 Å². The molecule has 0 spiro atoms. The summed E-state index contributed by atoms with van der Waals surface area (Å²) < 4.78 is 4.63. The molecule has 6 nitrogen and oxygen atoms in total. The van der Waals surface area contributed by atoms with Gasteiger partial charge in [-0.15, -0.1) is 0 Å². The molecular formula is C14H15NO5S. The SMILES string of the molecule is COC(=O)c1cc([N+](=O)[O-])cc(C=CCSC(C)=O)c1C. The quantitative estimate of drug-likeness (QED) is 0.472. The molecule has 0 aliphatic rings. The van der Waals surface area contributed by atoms with Gasteiger partial charge in [0.1, 0.15) is 0 Å². The van der Waals surface area contributed by atoms with E-state index in [2.05, 4.69) is 4.74 Å². The number of hydrogen-bond acceptors (Lipinski definition) is 6. The molecule has 7 heteroatoms. The summed E-state index contributed by atoms with van der Waals surface area (Å²) in [7, 11) is 1.22. The number of benzene rings is 1. The number of carbonyl (C=O) groups excluding carboxylic acids is 2. The van der Waals surface area contributed by atoms with Crippen LogP contribution in [-0.2, 0) is 9.53 Å². The van der Waals surface area contributed by atoms with Crippen LogP contribution in [0.5, 0.6) is 0 Å². The lowest BCUT2D eigenvalue weighted by Gasteiger charge is -2.07. The predicted molar refractivity (Wildman–Crippen MR) is 81.3 cm³/mol. The fraction of sp³-hybridized carbons (Fsp3) is 0.286. The van der Waals surface area contributed by atoms with Crippen molar-refractivity contribution < 1.29 is 19.2 Å². The van der Waals surface area contributed by atoms with Gasteiger partial charge in [0.05, 0.1) is 17.6 Å². The Kier molecular flexibility index (Phi) is 6.10. The molecule has 0 saturated heterocycles. The van der Waals surface area contributed by atoms with Gasteiger partial charge in [0, 0.05) is 24.8 Å². The van der Waals surface area contributed by atoms with E-state index in [0.29, 0.717) is 16.9 Å². The maximum atomic E-state index is 11.7. The number of carbonyl (C=O) groups is 2. The fourth-order valence-corrected chi connectivity index (χ4v) is 2.09. The zero-order valence-electron chi connectivity index (χ0n) is 11.9. The molecule has 1 aromatic carbocycles. The highest BCUT2D eigenvalue weighted by Crippen LogP contribution is 2.24. The van der Waals surface area contributed by atoms with Gasteiger partial charge in [-0.3, -0.25) is 14.9 Å². The molecule has 0 heterocycles. The van der Waals surface area contributed by atoms with Gasteiger partial charge in [-0.1, -0.05) is 23.9 Å². The van der Waals surface area contributed by atoms with Crippen LogP contribution in [0, 0.1) is 17.0 Å². The highest BCUT2D eigenvalue weighted by atomic mass is 32.2. The average molecular weight is 309 g/mol. The minimum atomic E-state index is -0.621. The molecule has 0 aromatic heterocycles. The molecule has 112 valence electrons. The van der Waals surface area contributed by atoms with E-state index < -0.39 is 10.9 Å². The molecule has 21 heavy (non-hydrogen) atoms. The van der Waals surface area contributed by atoms with E-state index in [9.17, 15) is 19.7 Å². The van der Waals surface area contributed by atoms with Crippen molar-refractivity contribution in [1.82, 2.24) is 0 Å². The van der Waals surface area contributed by atoms with Crippen molar-refractivity contribution in [2.24, 2.45) is 0 Å². The number of ether oxygens (including phenoxy) is 1. The summed E-state index contributed by atoms with van der Waals surface area (Å²) >= 11 is 1.13. The summed E-state index contributed by atoms with van der Waals surface area (Å²) in [6.45, 7) is 3.15. The highest BCUT2D eigenvalue weighted by molar-refractivity contribution is 8.13. The van der Waals surface area contributed by atoms with Crippen LogP contribution in [-0.4, -0.2) is 28.9 Å². The summed E-state index contributed by atoms with van der Waals surface area (Å²) in [4.78, 5) is 32.9. The van der Waals surface area contributed by atoms with Crippen LogP contribution in [0.25, 0.3) is 6.08 Å². The van der Waals surface area contributed by atoms with Crippen molar-refractivity contribution in [3.8, 4) is 0 Å². The van der Waals surface area contributed by atoms with Gasteiger partial charge < -0.3 is 4.74 Å². The Morgan fingerprint density at radius 3 is 2.62 bits per heavy atom. The Balaban J connectivity index is 3.17. The Morgan fingerprint density at radius 2 is 2.10 bits per heavy atom. The van der Waals surface area contributed by atoms with Gasteiger partial charge >= 0.3 is 5.97 Å². The third kappa shape index (κ3) is 4.71. The molecule has 0 radical (unpaired) electrons. The van der Waals surface area contributed by atoms with Gasteiger partial charge in [-0.25, -0.2) is 4.79 Å². The first kappa shape index (κ1) is 16.9. The molecule has 0 N–H and O–H groups in total. The van der Waals surface area contributed by atoms with E-state index in [1.165, 1.54) is 26.2 Å². The lowest BCUT2D eigenvalue weighted by atomic mass is 10.0. The van der Waals surface area contributed by atoms with Crippen LogP contribution in [0.2, 0.25) is 0 Å². The van der Waals surface area contributed by atoms with Crippen molar-refractivity contribution in [3.05, 3.63) is 45.0 Å². The molecule has 0 fully saturated rings. The first-order valence-corrected chi connectivity index (χ1v) is 7.02. The summed E-state index contributed by atoms with van der Waals surface area (Å²) in [5, 5.41) is 10.9. The van der Waals surface area contributed by atoms with Crippen LogP contribution >= 0.6 is 11.8 Å². The van der Waals surface area contributed by atoms with Gasteiger partial charge in [-0.05, 0) is 18.1 Å². The molecule has 0 unspecified atom stereocenters. The number of rotatable bonds is 5. The lowest BCUT2D eigenvalue weighted by Crippen LogP contribution is -2.06. The summed E-state index contributed by atoms with van der Waals surface area (Å²) in [6.07, 6.45) is 3.38. The van der Waals surface area contributed by atoms with Crippen LogP contribution in [0.1, 0.15) is 28.4 Å². The number of methoxy groups -OCH3 is 1. The minimum absolute atomic E-state index is 0.00864. The third-order valence-corrected chi connectivity index (χ3v) is 3.49. The van der Waals surface area contributed by atoms with Crippen molar-refractivity contribution in [2.45, 2.75) is 13.8 Å². The largest absolute Gasteiger partial charge is 0.465 e. The number of nitro groups is 1. The van der Waals surface area contributed by atoms with Gasteiger partial charge in [0.2, 0.25) is 0 Å². The van der Waals surface area contributed by atoms with Gasteiger partial charge in [-0.2, -0.15) is 0 Å². The Labute approximate surface area is 126 Å². The normalized spacial score (nSPS) is 10.6. The molecule has 0 aliphatic carbocycles. The smallest absolute Gasteiger partial charge is 0.338 e. The van der Waals surface area contributed by atoms with Gasteiger partial charge in [0.25, 0.3) is 5.69 Å². The number of hydrogen-bond donors (Lipinski definition) is 0. The molecule has 0 saturated carbocycles. The van der Waals surface area contributed by atoms with Crippen molar-refractivity contribution in [2.75, 3.05) is 12.9 Å². The second kappa shape index (κ2) is 7.58. The molecule has 1 aromatic rings. The number of nitrogens with zero attached hydrogens (tertiary/aromatic N) is 1. The Bertz CT molecular complexity index is 610. The van der Waals surface area contributed by atoms with Crippen LogP contribution < -0.4 is 0 Å². The van der Waals surface area contributed by atoms with E-state index in [1.54, 1.807) is 19.1 Å². The monoisotopic (exact) mass is 309 g/mol. The zero-order chi connectivity index (χ0) is 16.0. The second-order valence-corrected chi connectivity index (χ2v) is 5.36. The summed E-state index contributed by atoms with van der Waals surface area (Å²) in [5.41, 5.74) is 1.12. The minimum Gasteiger partial charge on any atom is -0.465 e. The zero-order valence-corrected chi connectivity index (χ0v) is 12.7. The number of thioether (sulfide) groups is 1. The van der Waals surface area contributed by atoms with E-state index in [-0.39, 0.29) is 16.4 Å². The molecule has 0 aliphatic heterocycles. The first-order chi connectivity index (χ1) is 9.86. The Morgan fingerprint density at radius 1 is 1.43 bits per heavy atom. The van der Waals surface area contributed by atoms with Gasteiger partial charge in [0.15, 0.2) is 5.12 Å². The summed E-state index contributed by atoms with van der Waals surface area (Å²) in [6, 6.07) is 2.58. The Hall–Kier alpha value is -2.15. The lowest BCUT2D eigenvalue weighted by molar-refractivity contribution is -0.384. The van der Waals surface area contributed by atoms with Crippen LogP contribution in [0.15, 0.2) is 18.2 Å². The number of non-ortho nitro benzene ring substituents is 1. The third-order valence-electron chi connectivity index (χ3n) is 2.73. The van der Waals surface area contributed by atoms with E-state index in [0.717, 1.165) is 11.8 Å². The average Bonchev–Trinajstić information content (AvgIpc) is 2.43. The molecule has 1 rings (SSSR count). The highest BCUT2D eigenvalue weighted by Gasteiger charge is 2.18. The maximum Gasteiger partial charge on any atom is 0.338 e. The standard InChI is InChI=1S/C14H15NO5S/c1-9-11(5-4-6-21-10(2)16)7-12(15(18)19)8-13(9)14(17)20-3/h4-5,7-8H,6H2,1-3H3. The van der Waals surface area contributed by atoms with E-state index in [4.69, 9.17) is 0 Å². The molecule has 0 atom stereocenters. The topological polar surface area (TPSA) is 86.5 Å². The van der Waals surface area contributed by atoms with E-state index in [1.807, 2.05) is 0 Å². The number of esters is 1. The van der Waals surface area contributed by atoms with Crippen molar-refractivity contribution >= 4 is 34.6 Å². The van der Waals surface area contributed by atoms with Crippen molar-refractivity contribution in [3.63, 3.8) is 0 Å². The van der Waals surface area contributed by atoms with Crippen molar-refractivity contribution in [1.29, 1.82) is 0 Å². The summed E-state index contributed by atoms with van der Waals surface area (Å²) in [5.74, 6) is -0.158.